The van der Waals surface area contributed by atoms with Gasteiger partial charge in [-0.1, -0.05) is 67.9 Å². The van der Waals surface area contributed by atoms with Crippen molar-refractivity contribution in [2.45, 2.75) is 45.2 Å². The van der Waals surface area contributed by atoms with Crippen molar-refractivity contribution < 1.29 is 18.0 Å². The van der Waals surface area contributed by atoms with Crippen LogP contribution in [0.5, 0.6) is 0 Å². The van der Waals surface area contributed by atoms with Crippen molar-refractivity contribution in [1.82, 2.24) is 10.2 Å². The maximum atomic E-state index is 13.9. The summed E-state index contributed by atoms with van der Waals surface area (Å²) in [6.45, 7) is 7.61. The third kappa shape index (κ3) is 7.58. The fourth-order valence-corrected chi connectivity index (χ4v) is 5.39. The van der Waals surface area contributed by atoms with Crippen molar-refractivity contribution in [2.75, 3.05) is 17.4 Å². The predicted octanol–water partition coefficient (Wildman–Crippen LogP) is 5.03. The van der Waals surface area contributed by atoms with Crippen LogP contribution in [0.4, 0.5) is 5.69 Å². The molecular formula is C29H34ClN3O4S. The lowest BCUT2D eigenvalue weighted by molar-refractivity contribution is -0.139. The molecule has 1 N–H and O–H groups in total. The highest BCUT2D eigenvalue weighted by Crippen LogP contribution is 2.26. The molecule has 0 aromatic heterocycles. The second-order valence-corrected chi connectivity index (χ2v) is 11.9. The van der Waals surface area contributed by atoms with Crippen LogP contribution in [0.15, 0.2) is 83.8 Å². The maximum Gasteiger partial charge on any atom is 0.264 e. The summed E-state index contributed by atoms with van der Waals surface area (Å²) in [4.78, 5) is 28.3. The second-order valence-electron chi connectivity index (χ2n) is 9.63. The van der Waals surface area contributed by atoms with E-state index in [9.17, 15) is 18.0 Å². The van der Waals surface area contributed by atoms with Crippen LogP contribution in [0.3, 0.4) is 0 Å². The van der Waals surface area contributed by atoms with Gasteiger partial charge < -0.3 is 10.2 Å². The number of hydrogen-bond donors (Lipinski definition) is 1. The largest absolute Gasteiger partial charge is 0.354 e. The summed E-state index contributed by atoms with van der Waals surface area (Å²) in [6, 6.07) is 21.2. The molecule has 7 nitrogen and oxygen atoms in total. The Kier molecular flexibility index (Phi) is 9.94. The highest BCUT2D eigenvalue weighted by Gasteiger charge is 2.32. The lowest BCUT2D eigenvalue weighted by Crippen LogP contribution is -2.51. The number of rotatable bonds is 11. The molecule has 0 saturated carbocycles. The molecule has 0 saturated heterocycles. The average Bonchev–Trinajstić information content (AvgIpc) is 2.89. The number of aryl methyl sites for hydroxylation is 1. The minimum absolute atomic E-state index is 0.00791. The van der Waals surface area contributed by atoms with Crippen molar-refractivity contribution in [3.8, 4) is 0 Å². The van der Waals surface area contributed by atoms with Crippen LogP contribution in [0.1, 0.15) is 31.9 Å². The highest BCUT2D eigenvalue weighted by atomic mass is 35.5. The molecule has 0 heterocycles. The smallest absolute Gasteiger partial charge is 0.264 e. The van der Waals surface area contributed by atoms with Crippen LogP contribution in [-0.2, 0) is 26.2 Å². The number of carbonyl (C=O) groups excluding carboxylic acids is 2. The molecule has 0 bridgehead atoms. The van der Waals surface area contributed by atoms with Gasteiger partial charge in [0.2, 0.25) is 11.8 Å². The summed E-state index contributed by atoms with van der Waals surface area (Å²) in [7, 11) is -4.13. The zero-order valence-corrected chi connectivity index (χ0v) is 23.7. The van der Waals surface area contributed by atoms with Gasteiger partial charge >= 0.3 is 0 Å². The number of amides is 2. The first-order valence-electron chi connectivity index (χ1n) is 12.4. The molecule has 38 heavy (non-hydrogen) atoms. The van der Waals surface area contributed by atoms with Crippen LogP contribution in [0.25, 0.3) is 0 Å². The molecule has 0 spiro atoms. The molecular weight excluding hydrogens is 522 g/mol. The van der Waals surface area contributed by atoms with Gasteiger partial charge in [0.1, 0.15) is 12.6 Å². The predicted molar refractivity (Wildman–Crippen MR) is 151 cm³/mol. The Hall–Kier alpha value is -3.36. The molecule has 3 aromatic rings. The van der Waals surface area contributed by atoms with Crippen LogP contribution in [0.2, 0.25) is 5.02 Å². The molecule has 9 heteroatoms. The van der Waals surface area contributed by atoms with Gasteiger partial charge in [-0.3, -0.25) is 13.9 Å². The normalized spacial score (nSPS) is 12.2. The van der Waals surface area contributed by atoms with Gasteiger partial charge in [0.15, 0.2) is 0 Å². The Morgan fingerprint density at radius 3 is 2.18 bits per heavy atom. The first kappa shape index (κ1) is 29.2. The molecule has 2 amide bonds. The lowest BCUT2D eigenvalue weighted by Gasteiger charge is -2.32. The number of sulfonamides is 1. The third-order valence-corrected chi connectivity index (χ3v) is 8.06. The van der Waals surface area contributed by atoms with E-state index in [-0.39, 0.29) is 23.3 Å². The number of anilines is 1. The van der Waals surface area contributed by atoms with E-state index in [0.717, 1.165) is 15.4 Å². The summed E-state index contributed by atoms with van der Waals surface area (Å²) < 4.78 is 28.7. The molecule has 0 aliphatic carbocycles. The van der Waals surface area contributed by atoms with E-state index < -0.39 is 28.5 Å². The topological polar surface area (TPSA) is 86.8 Å². The minimum Gasteiger partial charge on any atom is -0.354 e. The van der Waals surface area contributed by atoms with Gasteiger partial charge in [0.05, 0.1) is 10.6 Å². The van der Waals surface area contributed by atoms with Crippen molar-refractivity contribution in [2.24, 2.45) is 5.92 Å². The monoisotopic (exact) mass is 555 g/mol. The van der Waals surface area contributed by atoms with Gasteiger partial charge in [-0.2, -0.15) is 0 Å². The average molecular weight is 556 g/mol. The van der Waals surface area contributed by atoms with Crippen LogP contribution >= 0.6 is 11.6 Å². The van der Waals surface area contributed by atoms with Crippen LogP contribution < -0.4 is 9.62 Å². The summed E-state index contributed by atoms with van der Waals surface area (Å²) >= 11 is 5.98. The van der Waals surface area contributed by atoms with Gasteiger partial charge in [0.25, 0.3) is 10.0 Å². The van der Waals surface area contributed by atoms with Gasteiger partial charge in [-0.15, -0.1) is 0 Å². The minimum atomic E-state index is -4.13. The van der Waals surface area contributed by atoms with E-state index in [0.29, 0.717) is 17.3 Å². The number of carbonyl (C=O) groups is 2. The van der Waals surface area contributed by atoms with E-state index in [2.05, 4.69) is 5.32 Å². The van der Waals surface area contributed by atoms with Crippen molar-refractivity contribution in [3.05, 3.63) is 95.0 Å². The molecule has 0 aliphatic rings. The Bertz CT molecular complexity index is 1350. The van der Waals surface area contributed by atoms with Crippen LogP contribution in [0, 0.1) is 12.8 Å². The lowest BCUT2D eigenvalue weighted by atomic mass is 10.1. The maximum absolute atomic E-state index is 13.9. The van der Waals surface area contributed by atoms with E-state index in [1.165, 1.54) is 29.2 Å². The Morgan fingerprint density at radius 2 is 1.58 bits per heavy atom. The summed E-state index contributed by atoms with van der Waals surface area (Å²) in [5.74, 6) is -0.559. The molecule has 0 fully saturated rings. The fourth-order valence-electron chi connectivity index (χ4n) is 3.86. The zero-order chi connectivity index (χ0) is 27.9. The molecule has 202 valence electrons. The number of hydrogen-bond acceptors (Lipinski definition) is 4. The highest BCUT2D eigenvalue weighted by molar-refractivity contribution is 7.92. The number of benzene rings is 3. The molecule has 0 unspecified atom stereocenters. The quantitative estimate of drug-likeness (QED) is 0.359. The third-order valence-electron chi connectivity index (χ3n) is 6.02. The molecule has 0 aliphatic heterocycles. The van der Waals surface area contributed by atoms with Gasteiger partial charge in [-0.05, 0) is 67.3 Å². The first-order chi connectivity index (χ1) is 18.0. The van der Waals surface area contributed by atoms with Crippen molar-refractivity contribution in [3.63, 3.8) is 0 Å². The standard InChI is InChI=1S/C29H34ClN3O4S/c1-21(2)18-31-29(35)23(4)32(19-24-10-6-5-7-11-24)28(34)20-33(26-12-8-9-22(3)17-26)38(36,37)27-15-13-25(30)14-16-27/h5-17,21,23H,18-20H2,1-4H3,(H,31,35)/t23-/m0/s1. The first-order valence-corrected chi connectivity index (χ1v) is 14.3. The van der Waals surface area contributed by atoms with Gasteiger partial charge in [0, 0.05) is 18.1 Å². The summed E-state index contributed by atoms with van der Waals surface area (Å²) in [5.41, 5.74) is 2.02. The van der Waals surface area contributed by atoms with Crippen molar-refractivity contribution >= 4 is 39.1 Å². The van der Waals surface area contributed by atoms with Gasteiger partial charge in [-0.25, -0.2) is 8.42 Å². The zero-order valence-electron chi connectivity index (χ0n) is 22.1. The Balaban J connectivity index is 2.00. The van der Waals surface area contributed by atoms with Crippen molar-refractivity contribution in [1.29, 1.82) is 0 Å². The summed E-state index contributed by atoms with van der Waals surface area (Å²) in [6.07, 6.45) is 0. The molecule has 0 radical (unpaired) electrons. The number of nitrogens with one attached hydrogen (secondary N) is 1. The van der Waals surface area contributed by atoms with E-state index in [4.69, 9.17) is 11.6 Å². The molecule has 3 aromatic carbocycles. The van der Waals surface area contributed by atoms with E-state index in [1.807, 2.05) is 57.2 Å². The number of halogens is 1. The Morgan fingerprint density at radius 1 is 0.921 bits per heavy atom. The van der Waals surface area contributed by atoms with Crippen LogP contribution in [-0.4, -0.2) is 44.3 Å². The molecule has 1 atom stereocenters. The SMILES string of the molecule is Cc1cccc(N(CC(=O)N(Cc2ccccc2)[C@@H](C)C(=O)NCC(C)C)S(=O)(=O)c2ccc(Cl)cc2)c1. The van der Waals surface area contributed by atoms with E-state index >= 15 is 0 Å². The Labute approximate surface area is 230 Å². The summed E-state index contributed by atoms with van der Waals surface area (Å²) in [5, 5.41) is 3.28. The fraction of sp³-hybridized carbons (Fsp3) is 0.310. The molecule has 3 rings (SSSR count). The van der Waals surface area contributed by atoms with E-state index in [1.54, 1.807) is 25.1 Å². The second kappa shape index (κ2) is 12.9. The number of nitrogens with zero attached hydrogens (tertiary/aromatic N) is 2.